The Labute approximate surface area is 122 Å². The number of hydrogen-bond donors (Lipinski definition) is 1. The maximum absolute atomic E-state index is 12.5. The first-order chi connectivity index (χ1) is 9.87. The summed E-state index contributed by atoms with van der Waals surface area (Å²) in [6.07, 6.45) is 0.991. The number of ether oxygens (including phenoxy) is 1. The monoisotopic (exact) mass is 313 g/mol. The van der Waals surface area contributed by atoms with Crippen molar-refractivity contribution in [3.8, 4) is 0 Å². The van der Waals surface area contributed by atoms with Gasteiger partial charge in [-0.05, 0) is 37.1 Å². The molecule has 0 aliphatic carbocycles. The Balaban J connectivity index is 2.32. The Kier molecular flexibility index (Phi) is 4.29. The quantitative estimate of drug-likeness (QED) is 0.822. The minimum absolute atomic E-state index is 0.000102. The average Bonchev–Trinajstić information content (AvgIpc) is 2.96. The van der Waals surface area contributed by atoms with Crippen LogP contribution in [0, 0.1) is 0 Å². The summed E-state index contributed by atoms with van der Waals surface area (Å²) in [6, 6.07) is 4.08. The molecular formula is C13H15NO6S. The van der Waals surface area contributed by atoms with Gasteiger partial charge < -0.3 is 9.84 Å². The Morgan fingerprint density at radius 3 is 2.43 bits per heavy atom. The molecule has 8 heteroatoms. The lowest BCUT2D eigenvalue weighted by atomic mass is 10.2. The predicted octanol–water partition coefficient (Wildman–Crippen LogP) is 0.711. The molecule has 0 spiro atoms. The van der Waals surface area contributed by atoms with E-state index in [0.29, 0.717) is 12.8 Å². The molecule has 1 aliphatic heterocycles. The molecule has 1 aromatic carbocycles. The molecule has 21 heavy (non-hydrogen) atoms. The number of aromatic carboxylic acids is 1. The van der Waals surface area contributed by atoms with Crippen molar-refractivity contribution in [2.24, 2.45) is 0 Å². The van der Waals surface area contributed by atoms with Crippen molar-refractivity contribution in [2.45, 2.75) is 23.8 Å². The lowest BCUT2D eigenvalue weighted by Crippen LogP contribution is -2.41. The first-order valence-electron chi connectivity index (χ1n) is 6.31. The van der Waals surface area contributed by atoms with Crippen LogP contribution in [-0.4, -0.2) is 49.5 Å². The van der Waals surface area contributed by atoms with Crippen LogP contribution in [0.2, 0.25) is 0 Å². The van der Waals surface area contributed by atoms with Crippen molar-refractivity contribution in [3.63, 3.8) is 0 Å². The largest absolute Gasteiger partial charge is 0.478 e. The number of nitrogens with zero attached hydrogens (tertiary/aromatic N) is 1. The Hall–Kier alpha value is -1.93. The standard InChI is InChI=1S/C13H15NO6S/c1-20-13(17)11-3-2-8-14(11)21(18,19)10-6-4-9(5-7-10)12(15)16/h4-7,11H,2-3,8H2,1H3,(H,15,16)/t11-/m1/s1. The topological polar surface area (TPSA) is 101 Å². The van der Waals surface area contributed by atoms with Crippen LogP contribution in [0.3, 0.4) is 0 Å². The molecule has 1 heterocycles. The van der Waals surface area contributed by atoms with Crippen molar-refractivity contribution < 1.29 is 27.9 Å². The number of rotatable bonds is 4. The summed E-state index contributed by atoms with van der Waals surface area (Å²) in [7, 11) is -2.63. The number of carbonyl (C=O) groups is 2. The van der Waals surface area contributed by atoms with E-state index in [0.717, 1.165) is 4.31 Å². The summed E-state index contributed by atoms with van der Waals surface area (Å²) in [6.45, 7) is 0.239. The maximum atomic E-state index is 12.5. The highest BCUT2D eigenvalue weighted by Gasteiger charge is 2.40. The van der Waals surface area contributed by atoms with Crippen LogP contribution in [0.4, 0.5) is 0 Å². The number of carboxylic acids is 1. The summed E-state index contributed by atoms with van der Waals surface area (Å²) >= 11 is 0. The molecule has 0 aromatic heterocycles. The van der Waals surface area contributed by atoms with Crippen LogP contribution in [0.25, 0.3) is 0 Å². The molecule has 0 bridgehead atoms. The van der Waals surface area contributed by atoms with Crippen LogP contribution in [0.5, 0.6) is 0 Å². The number of benzene rings is 1. The number of carbonyl (C=O) groups excluding carboxylic acids is 1. The van der Waals surface area contributed by atoms with E-state index in [1.807, 2.05) is 0 Å². The average molecular weight is 313 g/mol. The number of methoxy groups -OCH3 is 1. The van der Waals surface area contributed by atoms with Crippen LogP contribution in [0.15, 0.2) is 29.2 Å². The van der Waals surface area contributed by atoms with Gasteiger partial charge in [-0.2, -0.15) is 4.31 Å². The Morgan fingerprint density at radius 2 is 1.90 bits per heavy atom. The van der Waals surface area contributed by atoms with Crippen molar-refractivity contribution in [1.29, 1.82) is 0 Å². The second-order valence-electron chi connectivity index (χ2n) is 4.63. The van der Waals surface area contributed by atoms with Gasteiger partial charge in [0.15, 0.2) is 0 Å². The van der Waals surface area contributed by atoms with E-state index in [4.69, 9.17) is 5.11 Å². The Morgan fingerprint density at radius 1 is 1.29 bits per heavy atom. The van der Waals surface area contributed by atoms with Gasteiger partial charge in [0.25, 0.3) is 0 Å². The summed E-state index contributed by atoms with van der Waals surface area (Å²) in [5.41, 5.74) is -0.000102. The number of sulfonamides is 1. The van der Waals surface area contributed by atoms with Gasteiger partial charge in [-0.3, -0.25) is 4.79 Å². The number of esters is 1. The second kappa shape index (κ2) is 5.82. The molecule has 1 fully saturated rings. The van der Waals surface area contributed by atoms with E-state index in [2.05, 4.69) is 4.74 Å². The molecule has 114 valence electrons. The van der Waals surface area contributed by atoms with E-state index >= 15 is 0 Å². The summed E-state index contributed by atoms with van der Waals surface area (Å²) in [5, 5.41) is 8.82. The lowest BCUT2D eigenvalue weighted by Gasteiger charge is -2.22. The number of carboxylic acid groups (broad SMARTS) is 1. The molecule has 1 atom stereocenters. The van der Waals surface area contributed by atoms with E-state index < -0.39 is 28.0 Å². The zero-order chi connectivity index (χ0) is 15.6. The van der Waals surface area contributed by atoms with E-state index in [1.165, 1.54) is 31.4 Å². The summed E-state index contributed by atoms with van der Waals surface area (Å²) in [5.74, 6) is -1.72. The second-order valence-corrected chi connectivity index (χ2v) is 6.52. The molecule has 1 aliphatic rings. The number of hydrogen-bond acceptors (Lipinski definition) is 5. The van der Waals surface area contributed by atoms with Gasteiger partial charge in [-0.15, -0.1) is 0 Å². The zero-order valence-electron chi connectivity index (χ0n) is 11.4. The van der Waals surface area contributed by atoms with Gasteiger partial charge in [0.05, 0.1) is 17.6 Å². The minimum Gasteiger partial charge on any atom is -0.478 e. The zero-order valence-corrected chi connectivity index (χ0v) is 12.2. The fraction of sp³-hybridized carbons (Fsp3) is 0.385. The third kappa shape index (κ3) is 2.91. The highest BCUT2D eigenvalue weighted by Crippen LogP contribution is 2.26. The van der Waals surface area contributed by atoms with E-state index in [9.17, 15) is 18.0 Å². The highest BCUT2D eigenvalue weighted by atomic mass is 32.2. The van der Waals surface area contributed by atoms with Crippen molar-refractivity contribution in [1.82, 2.24) is 4.31 Å². The van der Waals surface area contributed by atoms with Crippen LogP contribution in [0.1, 0.15) is 23.2 Å². The molecule has 1 N–H and O–H groups in total. The smallest absolute Gasteiger partial charge is 0.335 e. The lowest BCUT2D eigenvalue weighted by molar-refractivity contribution is -0.144. The molecule has 0 unspecified atom stereocenters. The van der Waals surface area contributed by atoms with E-state index in [1.54, 1.807) is 0 Å². The first-order valence-corrected chi connectivity index (χ1v) is 7.75. The molecule has 7 nitrogen and oxygen atoms in total. The molecule has 0 radical (unpaired) electrons. The van der Waals surface area contributed by atoms with Gasteiger partial charge in [0.1, 0.15) is 6.04 Å². The van der Waals surface area contributed by atoms with E-state index in [-0.39, 0.29) is 17.0 Å². The third-order valence-electron chi connectivity index (χ3n) is 3.38. The maximum Gasteiger partial charge on any atom is 0.335 e. The molecule has 1 aromatic rings. The first kappa shape index (κ1) is 15.5. The third-order valence-corrected chi connectivity index (χ3v) is 5.31. The molecule has 0 saturated carbocycles. The fourth-order valence-corrected chi connectivity index (χ4v) is 3.95. The van der Waals surface area contributed by atoms with Gasteiger partial charge in [0, 0.05) is 6.54 Å². The fourth-order valence-electron chi connectivity index (χ4n) is 2.30. The van der Waals surface area contributed by atoms with Gasteiger partial charge in [-0.25, -0.2) is 13.2 Å². The van der Waals surface area contributed by atoms with Gasteiger partial charge in [0.2, 0.25) is 10.0 Å². The molecule has 0 amide bonds. The minimum atomic E-state index is -3.85. The predicted molar refractivity (Wildman–Crippen MR) is 72.3 cm³/mol. The van der Waals surface area contributed by atoms with Gasteiger partial charge >= 0.3 is 11.9 Å². The van der Waals surface area contributed by atoms with Crippen LogP contribution >= 0.6 is 0 Å². The SMILES string of the molecule is COC(=O)[C@H]1CCCN1S(=O)(=O)c1ccc(C(=O)O)cc1. The van der Waals surface area contributed by atoms with Crippen LogP contribution in [-0.2, 0) is 19.6 Å². The van der Waals surface area contributed by atoms with Crippen LogP contribution < -0.4 is 0 Å². The molecule has 2 rings (SSSR count). The van der Waals surface area contributed by atoms with Crippen molar-refractivity contribution in [3.05, 3.63) is 29.8 Å². The molecular weight excluding hydrogens is 298 g/mol. The normalized spacial score (nSPS) is 19.4. The van der Waals surface area contributed by atoms with Gasteiger partial charge in [-0.1, -0.05) is 0 Å². The summed E-state index contributed by atoms with van der Waals surface area (Å²) in [4.78, 5) is 22.4. The molecule has 1 saturated heterocycles. The van der Waals surface area contributed by atoms with Crippen molar-refractivity contribution in [2.75, 3.05) is 13.7 Å². The Bertz CT molecular complexity index is 652. The summed E-state index contributed by atoms with van der Waals surface area (Å²) < 4.78 is 30.8. The highest BCUT2D eigenvalue weighted by molar-refractivity contribution is 7.89. The van der Waals surface area contributed by atoms with Crippen molar-refractivity contribution >= 4 is 22.0 Å².